The minimum absolute atomic E-state index is 0.183. The van der Waals surface area contributed by atoms with Gasteiger partial charge in [-0.15, -0.1) is 0 Å². The number of hydrogen-bond acceptors (Lipinski definition) is 4. The van der Waals surface area contributed by atoms with E-state index in [-0.39, 0.29) is 15.4 Å². The van der Waals surface area contributed by atoms with E-state index in [0.29, 0.717) is 16.2 Å². The summed E-state index contributed by atoms with van der Waals surface area (Å²) in [5.74, 6) is -0.0508. The highest BCUT2D eigenvalue weighted by atomic mass is 35.5. The van der Waals surface area contributed by atoms with Crippen molar-refractivity contribution in [3.63, 3.8) is 0 Å². The molecule has 0 amide bonds. The predicted octanol–water partition coefficient (Wildman–Crippen LogP) is 4.66. The lowest BCUT2D eigenvalue weighted by Crippen LogP contribution is -2.02. The molecule has 0 aliphatic carbocycles. The molecule has 0 aliphatic heterocycles. The Bertz CT molecular complexity index is 644. The molecule has 0 bridgehead atoms. The Morgan fingerprint density at radius 3 is 2.45 bits per heavy atom. The second kappa shape index (κ2) is 6.83. The zero-order chi connectivity index (χ0) is 14.5. The van der Waals surface area contributed by atoms with E-state index in [0.717, 1.165) is 11.8 Å². The minimum atomic E-state index is -0.349. The lowest BCUT2D eigenvalue weighted by Gasteiger charge is -2.07. The van der Waals surface area contributed by atoms with Gasteiger partial charge in [0.05, 0.1) is 5.56 Å². The van der Waals surface area contributed by atoms with Crippen LogP contribution in [0.1, 0.15) is 10.4 Å². The van der Waals surface area contributed by atoms with Gasteiger partial charge in [0, 0.05) is 4.90 Å². The van der Waals surface area contributed by atoms with E-state index in [2.05, 4.69) is 12.2 Å². The molecule has 0 saturated carbocycles. The maximum Gasteiger partial charge on any atom is 0.260 e. The molecular weight excluding hydrogens is 319 g/mol. The van der Waals surface area contributed by atoms with Gasteiger partial charge < -0.3 is 4.74 Å². The molecule has 102 valence electrons. The van der Waals surface area contributed by atoms with Crippen molar-refractivity contribution in [2.45, 2.75) is 4.90 Å². The van der Waals surface area contributed by atoms with Crippen molar-refractivity contribution in [2.75, 3.05) is 0 Å². The molecule has 2 rings (SSSR count). The van der Waals surface area contributed by atoms with Crippen molar-refractivity contribution in [2.24, 2.45) is 0 Å². The Morgan fingerprint density at radius 1 is 1.15 bits per heavy atom. The first-order valence-corrected chi connectivity index (χ1v) is 7.10. The summed E-state index contributed by atoms with van der Waals surface area (Å²) in [6, 6.07) is 12.3. The maximum atomic E-state index is 12.8. The SMILES string of the molecule is O=C(Sc1ccc(F)cc1)c1ccccc1OC(=S)Cl. The average Bonchev–Trinajstić information content (AvgIpc) is 2.41. The summed E-state index contributed by atoms with van der Waals surface area (Å²) in [5, 5.41) is -0.236. The van der Waals surface area contributed by atoms with Crippen molar-refractivity contribution < 1.29 is 13.9 Å². The Morgan fingerprint density at radius 2 is 1.80 bits per heavy atom. The third-order valence-electron chi connectivity index (χ3n) is 2.32. The van der Waals surface area contributed by atoms with E-state index in [4.69, 9.17) is 16.3 Å². The number of carbonyl (C=O) groups excluding carboxylic acids is 1. The summed E-state index contributed by atoms with van der Waals surface area (Å²) in [7, 11) is 0. The van der Waals surface area contributed by atoms with Gasteiger partial charge in [-0.05, 0) is 72.0 Å². The minimum Gasteiger partial charge on any atom is -0.435 e. The molecule has 0 heterocycles. The second-order valence-corrected chi connectivity index (χ2v) is 5.66. The van der Waals surface area contributed by atoms with Gasteiger partial charge in [0.2, 0.25) is 5.12 Å². The van der Waals surface area contributed by atoms with Gasteiger partial charge in [-0.25, -0.2) is 4.39 Å². The number of hydrogen-bond donors (Lipinski definition) is 0. The van der Waals surface area contributed by atoms with Crippen molar-refractivity contribution >= 4 is 45.2 Å². The Labute approximate surface area is 129 Å². The average molecular weight is 327 g/mol. The summed E-state index contributed by atoms with van der Waals surface area (Å²) in [5.41, 5.74) is 0.352. The van der Waals surface area contributed by atoms with Crippen LogP contribution in [0.15, 0.2) is 53.4 Å². The fourth-order valence-corrected chi connectivity index (χ4v) is 2.41. The number of halogens is 2. The fourth-order valence-electron chi connectivity index (χ4n) is 1.48. The number of para-hydroxylation sites is 1. The Kier molecular flexibility index (Phi) is 5.11. The van der Waals surface area contributed by atoms with Crippen LogP contribution in [-0.2, 0) is 0 Å². The van der Waals surface area contributed by atoms with Gasteiger partial charge in [-0.3, -0.25) is 4.79 Å². The molecule has 20 heavy (non-hydrogen) atoms. The number of carbonyl (C=O) groups is 1. The fraction of sp³-hybridized carbons (Fsp3) is 0. The summed E-state index contributed by atoms with van der Waals surface area (Å²) >= 11 is 11.1. The van der Waals surface area contributed by atoms with E-state index in [9.17, 15) is 9.18 Å². The summed E-state index contributed by atoms with van der Waals surface area (Å²) in [6.45, 7) is 0. The van der Waals surface area contributed by atoms with Crippen LogP contribution in [0.3, 0.4) is 0 Å². The zero-order valence-corrected chi connectivity index (χ0v) is 12.4. The lowest BCUT2D eigenvalue weighted by atomic mass is 10.2. The first-order chi connectivity index (χ1) is 9.56. The van der Waals surface area contributed by atoms with Crippen molar-refractivity contribution in [1.82, 2.24) is 0 Å². The van der Waals surface area contributed by atoms with E-state index < -0.39 is 0 Å². The third-order valence-corrected chi connectivity index (χ3v) is 3.40. The molecule has 0 spiro atoms. The van der Waals surface area contributed by atoms with E-state index in [1.807, 2.05) is 0 Å². The molecule has 0 N–H and O–H groups in total. The molecule has 0 aromatic heterocycles. The first kappa shape index (κ1) is 15.0. The van der Waals surface area contributed by atoms with Gasteiger partial charge in [-0.1, -0.05) is 12.1 Å². The van der Waals surface area contributed by atoms with Crippen LogP contribution in [0.25, 0.3) is 0 Å². The molecule has 0 unspecified atom stereocenters. The van der Waals surface area contributed by atoms with Crippen LogP contribution < -0.4 is 4.74 Å². The monoisotopic (exact) mass is 326 g/mol. The van der Waals surface area contributed by atoms with Crippen molar-refractivity contribution in [3.05, 3.63) is 59.9 Å². The maximum absolute atomic E-state index is 12.8. The summed E-state index contributed by atoms with van der Waals surface area (Å²) in [4.78, 5) is 12.8. The highest BCUT2D eigenvalue weighted by molar-refractivity contribution is 8.14. The Balaban J connectivity index is 2.20. The predicted molar refractivity (Wildman–Crippen MR) is 82.1 cm³/mol. The number of thiocarbonyl (C=S) groups is 1. The highest BCUT2D eigenvalue weighted by Gasteiger charge is 2.14. The largest absolute Gasteiger partial charge is 0.435 e. The molecular formula is C14H8ClFO2S2. The highest BCUT2D eigenvalue weighted by Crippen LogP contribution is 2.28. The number of benzene rings is 2. The quantitative estimate of drug-likeness (QED) is 0.465. The molecule has 2 aromatic rings. The molecule has 0 radical (unpaired) electrons. The van der Waals surface area contributed by atoms with Crippen LogP contribution in [-0.4, -0.2) is 9.63 Å². The second-order valence-electron chi connectivity index (χ2n) is 3.68. The smallest absolute Gasteiger partial charge is 0.260 e. The molecule has 6 heteroatoms. The summed E-state index contributed by atoms with van der Waals surface area (Å²) < 4.78 is 17.8. The standard InChI is InChI=1S/C14H8ClFO2S2/c15-14(19)18-12-4-2-1-3-11(12)13(17)20-10-7-5-9(16)6-8-10/h1-8H. The van der Waals surface area contributed by atoms with E-state index >= 15 is 0 Å². The Hall–Kier alpha value is -1.43. The normalized spacial score (nSPS) is 10.1. The first-order valence-electron chi connectivity index (χ1n) is 5.50. The van der Waals surface area contributed by atoms with Gasteiger partial charge >= 0.3 is 0 Å². The molecule has 0 aliphatic rings. The topological polar surface area (TPSA) is 26.3 Å². The third kappa shape index (κ3) is 4.03. The number of thioether (sulfide) groups is 1. The van der Waals surface area contributed by atoms with E-state index in [1.54, 1.807) is 24.3 Å². The van der Waals surface area contributed by atoms with Crippen molar-refractivity contribution in [3.8, 4) is 5.75 Å². The summed E-state index contributed by atoms with van der Waals surface area (Å²) in [6.07, 6.45) is 0. The molecule has 0 saturated heterocycles. The van der Waals surface area contributed by atoms with Crippen LogP contribution in [0, 0.1) is 5.82 Å². The van der Waals surface area contributed by atoms with Crippen LogP contribution in [0.2, 0.25) is 0 Å². The zero-order valence-electron chi connectivity index (χ0n) is 10.0. The van der Waals surface area contributed by atoms with Gasteiger partial charge in [0.15, 0.2) is 0 Å². The van der Waals surface area contributed by atoms with Crippen LogP contribution in [0.5, 0.6) is 5.75 Å². The van der Waals surface area contributed by atoms with Crippen molar-refractivity contribution in [1.29, 1.82) is 0 Å². The number of rotatable bonds is 3. The van der Waals surface area contributed by atoms with Gasteiger partial charge in [0.1, 0.15) is 11.6 Å². The molecule has 0 fully saturated rings. The number of ether oxygens (including phenoxy) is 1. The molecule has 2 nitrogen and oxygen atoms in total. The van der Waals surface area contributed by atoms with Crippen LogP contribution in [0.4, 0.5) is 4.39 Å². The van der Waals surface area contributed by atoms with Crippen LogP contribution >= 0.6 is 35.6 Å². The van der Waals surface area contributed by atoms with E-state index in [1.165, 1.54) is 24.3 Å². The van der Waals surface area contributed by atoms with Gasteiger partial charge in [0.25, 0.3) is 4.51 Å². The molecule has 2 aromatic carbocycles. The lowest BCUT2D eigenvalue weighted by molar-refractivity contribution is 0.108. The van der Waals surface area contributed by atoms with Gasteiger partial charge in [-0.2, -0.15) is 0 Å². The molecule has 0 atom stereocenters.